The average Bonchev–Trinajstić information content (AvgIpc) is 3.12. The Bertz CT molecular complexity index is 680. The summed E-state index contributed by atoms with van der Waals surface area (Å²) in [6, 6.07) is 5.53. The zero-order valence-electron chi connectivity index (χ0n) is 14.4. The smallest absolute Gasteiger partial charge is 0.341 e. The number of urea groups is 1. The van der Waals surface area contributed by atoms with Crippen LogP contribution in [0.5, 0.6) is 5.75 Å². The highest BCUT2D eigenvalue weighted by Gasteiger charge is 2.39. The van der Waals surface area contributed by atoms with Crippen LogP contribution in [0.1, 0.15) is 50.6 Å². The zero-order chi connectivity index (χ0) is 17.8. The van der Waals surface area contributed by atoms with Crippen LogP contribution < -0.4 is 5.32 Å². The summed E-state index contributed by atoms with van der Waals surface area (Å²) in [4.78, 5) is 28.7. The fourth-order valence-electron chi connectivity index (χ4n) is 3.67. The molecule has 0 spiro atoms. The second-order valence-corrected chi connectivity index (χ2v) is 6.74. The van der Waals surface area contributed by atoms with E-state index >= 15 is 0 Å². The molecule has 0 bridgehead atoms. The number of esters is 1. The second-order valence-electron chi connectivity index (χ2n) is 6.74. The Morgan fingerprint density at radius 1 is 1.36 bits per heavy atom. The van der Waals surface area contributed by atoms with E-state index in [1.165, 1.54) is 12.8 Å². The number of rotatable bonds is 5. The molecule has 1 aliphatic heterocycles. The van der Waals surface area contributed by atoms with Crippen LogP contribution in [-0.2, 0) is 9.53 Å². The summed E-state index contributed by atoms with van der Waals surface area (Å²) >= 11 is 0. The molecule has 1 aliphatic carbocycles. The van der Waals surface area contributed by atoms with Crippen molar-refractivity contribution in [3.8, 4) is 5.75 Å². The molecule has 25 heavy (non-hydrogen) atoms. The maximum atomic E-state index is 12.8. The van der Waals surface area contributed by atoms with Gasteiger partial charge in [0.25, 0.3) is 0 Å². The molecule has 6 heteroatoms. The molecule has 0 radical (unpaired) electrons. The van der Waals surface area contributed by atoms with Crippen LogP contribution >= 0.6 is 0 Å². The summed E-state index contributed by atoms with van der Waals surface area (Å²) in [5.41, 5.74) is 1.19. The van der Waals surface area contributed by atoms with Crippen LogP contribution in [-0.4, -0.2) is 29.4 Å². The number of phenols is 1. The SMILES string of the molecule is CCC1=NC(=O)NC(c2cccc(O)c2)C1C(=O)OCC1CCCC1. The summed E-state index contributed by atoms with van der Waals surface area (Å²) in [5, 5.41) is 12.5. The number of aliphatic imine (C=N–C) groups is 1. The van der Waals surface area contributed by atoms with Gasteiger partial charge in [-0.3, -0.25) is 4.79 Å². The molecule has 3 rings (SSSR count). The van der Waals surface area contributed by atoms with Crippen LogP contribution in [0.15, 0.2) is 29.3 Å². The van der Waals surface area contributed by atoms with Gasteiger partial charge in [0.2, 0.25) is 0 Å². The van der Waals surface area contributed by atoms with E-state index in [-0.39, 0.29) is 11.7 Å². The van der Waals surface area contributed by atoms with Gasteiger partial charge in [-0.2, -0.15) is 0 Å². The number of ether oxygens (including phenoxy) is 1. The molecule has 2 unspecified atom stereocenters. The zero-order valence-corrected chi connectivity index (χ0v) is 14.4. The van der Waals surface area contributed by atoms with Crippen molar-refractivity contribution in [3.05, 3.63) is 29.8 Å². The Morgan fingerprint density at radius 2 is 2.12 bits per heavy atom. The van der Waals surface area contributed by atoms with Gasteiger partial charge in [0.1, 0.15) is 11.7 Å². The van der Waals surface area contributed by atoms with Crippen LogP contribution in [0.25, 0.3) is 0 Å². The minimum atomic E-state index is -0.661. The Morgan fingerprint density at radius 3 is 2.80 bits per heavy atom. The van der Waals surface area contributed by atoms with Crippen molar-refractivity contribution in [1.82, 2.24) is 5.32 Å². The third-order valence-corrected chi connectivity index (χ3v) is 5.00. The first-order chi connectivity index (χ1) is 12.1. The van der Waals surface area contributed by atoms with Crippen LogP contribution in [0.4, 0.5) is 4.79 Å². The van der Waals surface area contributed by atoms with Crippen molar-refractivity contribution in [1.29, 1.82) is 0 Å². The van der Waals surface area contributed by atoms with Crippen molar-refractivity contribution >= 4 is 17.7 Å². The van der Waals surface area contributed by atoms with Gasteiger partial charge in [-0.05, 0) is 42.9 Å². The molecule has 6 nitrogen and oxygen atoms in total. The van der Waals surface area contributed by atoms with Crippen molar-refractivity contribution in [3.63, 3.8) is 0 Å². The van der Waals surface area contributed by atoms with E-state index in [1.54, 1.807) is 24.3 Å². The lowest BCUT2D eigenvalue weighted by Gasteiger charge is -2.31. The third-order valence-electron chi connectivity index (χ3n) is 5.00. The molecule has 2 N–H and O–H groups in total. The van der Waals surface area contributed by atoms with Gasteiger partial charge in [-0.25, -0.2) is 9.79 Å². The number of phenolic OH excluding ortho intramolecular Hbond substituents is 1. The number of hydrogen-bond acceptors (Lipinski definition) is 4. The second kappa shape index (κ2) is 7.68. The first kappa shape index (κ1) is 17.5. The topological polar surface area (TPSA) is 88.0 Å². The first-order valence-corrected chi connectivity index (χ1v) is 8.92. The molecule has 2 aliphatic rings. The predicted octanol–water partition coefficient (Wildman–Crippen LogP) is 3.36. The fraction of sp³-hybridized carbons (Fsp3) is 0.526. The highest BCUT2D eigenvalue weighted by Crippen LogP contribution is 2.31. The molecule has 1 aromatic rings. The maximum Gasteiger partial charge on any atom is 0.341 e. The molecular weight excluding hydrogens is 320 g/mol. The van der Waals surface area contributed by atoms with Crippen molar-refractivity contribution in [2.24, 2.45) is 16.8 Å². The standard InChI is InChI=1S/C19H24N2O4/c1-2-15-16(18(23)25-11-12-6-3-4-7-12)17(21-19(24)20-15)13-8-5-9-14(22)10-13/h5,8-10,12,16-17,22H,2-4,6-7,11H2,1H3,(H,21,24). The van der Waals surface area contributed by atoms with Gasteiger partial charge in [-0.15, -0.1) is 0 Å². The van der Waals surface area contributed by atoms with E-state index in [1.807, 2.05) is 6.92 Å². The van der Waals surface area contributed by atoms with Crippen LogP contribution in [0.3, 0.4) is 0 Å². The Hall–Kier alpha value is -2.37. The summed E-state index contributed by atoms with van der Waals surface area (Å²) in [7, 11) is 0. The van der Waals surface area contributed by atoms with Crippen molar-refractivity contribution in [2.45, 2.75) is 45.1 Å². The quantitative estimate of drug-likeness (QED) is 0.802. The normalized spacial score (nSPS) is 23.9. The Labute approximate surface area is 147 Å². The van der Waals surface area contributed by atoms with E-state index in [4.69, 9.17) is 4.74 Å². The number of carbonyl (C=O) groups is 2. The van der Waals surface area contributed by atoms with Gasteiger partial charge >= 0.3 is 12.0 Å². The number of hydrogen-bond donors (Lipinski definition) is 2. The monoisotopic (exact) mass is 344 g/mol. The molecule has 2 atom stereocenters. The van der Waals surface area contributed by atoms with Gasteiger partial charge in [-0.1, -0.05) is 31.9 Å². The van der Waals surface area contributed by atoms with E-state index in [0.717, 1.165) is 12.8 Å². The number of carbonyl (C=O) groups excluding carboxylic acids is 2. The highest BCUT2D eigenvalue weighted by atomic mass is 16.5. The van der Waals surface area contributed by atoms with Crippen LogP contribution in [0.2, 0.25) is 0 Å². The fourth-order valence-corrected chi connectivity index (χ4v) is 3.67. The van der Waals surface area contributed by atoms with Gasteiger partial charge in [0.05, 0.1) is 12.6 Å². The minimum absolute atomic E-state index is 0.0883. The molecular formula is C19H24N2O4. The maximum absolute atomic E-state index is 12.8. The lowest BCUT2D eigenvalue weighted by atomic mass is 9.86. The average molecular weight is 344 g/mol. The molecule has 0 saturated heterocycles. The van der Waals surface area contributed by atoms with E-state index in [9.17, 15) is 14.7 Å². The molecule has 1 fully saturated rings. The number of aromatic hydroxyl groups is 1. The predicted molar refractivity (Wildman–Crippen MR) is 93.5 cm³/mol. The Balaban J connectivity index is 1.82. The summed E-state index contributed by atoms with van der Waals surface area (Å²) in [6.07, 6.45) is 5.06. The number of amides is 2. The molecule has 134 valence electrons. The molecule has 1 heterocycles. The molecule has 2 amide bonds. The lowest BCUT2D eigenvalue weighted by Crippen LogP contribution is -2.45. The van der Waals surface area contributed by atoms with E-state index in [2.05, 4.69) is 10.3 Å². The highest BCUT2D eigenvalue weighted by molar-refractivity contribution is 6.09. The number of benzene rings is 1. The van der Waals surface area contributed by atoms with E-state index < -0.39 is 18.0 Å². The number of nitrogens with zero attached hydrogens (tertiary/aromatic N) is 1. The van der Waals surface area contributed by atoms with Crippen LogP contribution in [0, 0.1) is 11.8 Å². The number of nitrogens with one attached hydrogen (secondary N) is 1. The van der Waals surface area contributed by atoms with Gasteiger partial charge in [0.15, 0.2) is 0 Å². The van der Waals surface area contributed by atoms with Gasteiger partial charge < -0.3 is 15.2 Å². The summed E-state index contributed by atoms with van der Waals surface area (Å²) in [5.74, 6) is -0.500. The van der Waals surface area contributed by atoms with E-state index in [0.29, 0.717) is 30.2 Å². The van der Waals surface area contributed by atoms with Crippen molar-refractivity contribution in [2.75, 3.05) is 6.61 Å². The minimum Gasteiger partial charge on any atom is -0.508 e. The first-order valence-electron chi connectivity index (χ1n) is 8.92. The van der Waals surface area contributed by atoms with Gasteiger partial charge in [0, 0.05) is 5.71 Å². The van der Waals surface area contributed by atoms with Crippen molar-refractivity contribution < 1.29 is 19.4 Å². The molecule has 1 saturated carbocycles. The molecule has 0 aromatic heterocycles. The lowest BCUT2D eigenvalue weighted by molar-refractivity contribution is -0.148. The third kappa shape index (κ3) is 4.00. The summed E-state index contributed by atoms with van der Waals surface area (Å²) < 4.78 is 5.58. The summed E-state index contributed by atoms with van der Waals surface area (Å²) in [6.45, 7) is 2.29. The molecule has 1 aromatic carbocycles. The largest absolute Gasteiger partial charge is 0.508 e. The Kier molecular flexibility index (Phi) is 5.36.